The van der Waals surface area contributed by atoms with Crippen LogP contribution in [-0.2, 0) is 14.4 Å². The average molecular weight is 366 g/mol. The van der Waals surface area contributed by atoms with E-state index in [2.05, 4.69) is 20.8 Å². The Labute approximate surface area is 154 Å². The highest BCUT2D eigenvalue weighted by Crippen LogP contribution is 2.56. The van der Waals surface area contributed by atoms with Crippen LogP contribution in [0.1, 0.15) is 19.3 Å². The van der Waals surface area contributed by atoms with Crippen LogP contribution in [0.4, 0.5) is 5.69 Å². The summed E-state index contributed by atoms with van der Waals surface area (Å²) >= 11 is 0. The number of benzene rings is 1. The van der Waals surface area contributed by atoms with Crippen LogP contribution in [-0.4, -0.2) is 49.4 Å². The number of fused-ring (bicyclic) bond motifs is 5. The maximum absolute atomic E-state index is 12.7. The Bertz CT molecular complexity index is 882. The van der Waals surface area contributed by atoms with Gasteiger partial charge < -0.3 is 5.32 Å². The van der Waals surface area contributed by atoms with E-state index in [1.807, 2.05) is 0 Å². The molecule has 2 heterocycles. The molecule has 1 saturated heterocycles. The van der Waals surface area contributed by atoms with E-state index < -0.39 is 0 Å². The molecule has 138 valence electrons. The zero-order chi connectivity index (χ0) is 18.5. The molecule has 0 unspecified atom stereocenters. The van der Waals surface area contributed by atoms with Crippen molar-refractivity contribution in [3.05, 3.63) is 30.6 Å². The predicted octanol–water partition coefficient (Wildman–Crippen LogP) is 0.632. The second-order valence-corrected chi connectivity index (χ2v) is 7.50. The number of nitrogens with zero attached hydrogens (tertiary/aromatic N) is 5. The summed E-state index contributed by atoms with van der Waals surface area (Å²) in [5.41, 5.74) is 1.34. The summed E-state index contributed by atoms with van der Waals surface area (Å²) in [6.07, 6.45) is 4.51. The normalized spacial score (nSPS) is 28.7. The Morgan fingerprint density at radius 2 is 1.74 bits per heavy atom. The van der Waals surface area contributed by atoms with Gasteiger partial charge in [0.2, 0.25) is 17.7 Å². The second-order valence-electron chi connectivity index (χ2n) is 7.50. The van der Waals surface area contributed by atoms with Crippen LogP contribution < -0.4 is 5.32 Å². The van der Waals surface area contributed by atoms with Gasteiger partial charge in [-0.05, 0) is 65.8 Å². The van der Waals surface area contributed by atoms with Gasteiger partial charge in [-0.2, -0.15) is 0 Å². The third kappa shape index (κ3) is 2.53. The van der Waals surface area contributed by atoms with Gasteiger partial charge in [0, 0.05) is 5.69 Å². The van der Waals surface area contributed by atoms with E-state index in [1.54, 1.807) is 24.3 Å². The number of hydrogen-bond acceptors (Lipinski definition) is 6. The summed E-state index contributed by atoms with van der Waals surface area (Å²) in [5.74, 6) is -0.451. The van der Waals surface area contributed by atoms with Gasteiger partial charge >= 0.3 is 0 Å². The van der Waals surface area contributed by atoms with Gasteiger partial charge in [0.05, 0.1) is 17.5 Å². The number of carbonyl (C=O) groups is 3. The number of anilines is 1. The zero-order valence-corrected chi connectivity index (χ0v) is 14.5. The molecule has 1 aromatic carbocycles. The number of aromatic nitrogens is 4. The van der Waals surface area contributed by atoms with Crippen molar-refractivity contribution in [1.29, 1.82) is 0 Å². The van der Waals surface area contributed by atoms with Crippen LogP contribution in [0.2, 0.25) is 0 Å². The molecule has 5 rings (SSSR count). The van der Waals surface area contributed by atoms with E-state index in [9.17, 15) is 14.4 Å². The van der Waals surface area contributed by atoms with Gasteiger partial charge in [0.15, 0.2) is 0 Å². The molecule has 4 atom stereocenters. The highest BCUT2D eigenvalue weighted by Gasteiger charge is 2.60. The quantitative estimate of drug-likeness (QED) is 0.795. The molecule has 2 aliphatic carbocycles. The third-order valence-corrected chi connectivity index (χ3v) is 6.09. The Morgan fingerprint density at radius 1 is 1.07 bits per heavy atom. The summed E-state index contributed by atoms with van der Waals surface area (Å²) in [5, 5.41) is 13.7. The van der Waals surface area contributed by atoms with Gasteiger partial charge in [0.25, 0.3) is 0 Å². The minimum absolute atomic E-state index is 0.165. The van der Waals surface area contributed by atoms with Gasteiger partial charge in [-0.1, -0.05) is 0 Å². The third-order valence-electron chi connectivity index (χ3n) is 6.09. The Morgan fingerprint density at radius 3 is 2.33 bits per heavy atom. The molecule has 3 fully saturated rings. The number of likely N-dealkylation sites (tertiary alicyclic amines) is 1. The van der Waals surface area contributed by atoms with Crippen LogP contribution in [0.25, 0.3) is 5.69 Å². The van der Waals surface area contributed by atoms with Crippen molar-refractivity contribution in [1.82, 2.24) is 25.1 Å². The lowest BCUT2D eigenvalue weighted by atomic mass is 9.81. The van der Waals surface area contributed by atoms with Crippen molar-refractivity contribution >= 4 is 23.4 Å². The molecule has 2 bridgehead atoms. The van der Waals surface area contributed by atoms with Crippen molar-refractivity contribution in [3.8, 4) is 5.69 Å². The number of rotatable bonds is 4. The van der Waals surface area contributed by atoms with Crippen molar-refractivity contribution in [2.75, 3.05) is 11.9 Å². The molecule has 3 aliphatic rings. The van der Waals surface area contributed by atoms with E-state index in [0.717, 1.165) is 29.8 Å². The fraction of sp³-hybridized carbons (Fsp3) is 0.444. The van der Waals surface area contributed by atoms with Crippen molar-refractivity contribution in [2.24, 2.45) is 23.7 Å². The molecule has 9 heteroatoms. The van der Waals surface area contributed by atoms with Gasteiger partial charge in [-0.15, -0.1) is 5.10 Å². The fourth-order valence-corrected chi connectivity index (χ4v) is 4.95. The number of nitrogens with one attached hydrogen (secondary N) is 1. The Balaban J connectivity index is 1.25. The Kier molecular flexibility index (Phi) is 3.56. The molecule has 9 nitrogen and oxygen atoms in total. The van der Waals surface area contributed by atoms with Crippen molar-refractivity contribution in [2.45, 2.75) is 19.3 Å². The van der Waals surface area contributed by atoms with Crippen LogP contribution in [0, 0.1) is 23.7 Å². The fourth-order valence-electron chi connectivity index (χ4n) is 4.95. The van der Waals surface area contributed by atoms with Crippen LogP contribution in [0.3, 0.4) is 0 Å². The first-order valence-corrected chi connectivity index (χ1v) is 9.10. The summed E-state index contributed by atoms with van der Waals surface area (Å²) in [7, 11) is 0. The molecule has 27 heavy (non-hydrogen) atoms. The van der Waals surface area contributed by atoms with Crippen molar-refractivity contribution in [3.63, 3.8) is 0 Å². The van der Waals surface area contributed by atoms with Gasteiger partial charge in [0.1, 0.15) is 12.9 Å². The number of hydrogen-bond donors (Lipinski definition) is 1. The second kappa shape index (κ2) is 5.97. The van der Waals surface area contributed by atoms with E-state index in [-0.39, 0.29) is 36.1 Å². The molecular formula is C18H18N6O3. The molecular weight excluding hydrogens is 348 g/mol. The van der Waals surface area contributed by atoms with E-state index in [0.29, 0.717) is 17.5 Å². The zero-order valence-electron chi connectivity index (χ0n) is 14.5. The first-order chi connectivity index (χ1) is 13.1. The molecule has 1 aromatic heterocycles. The molecule has 3 amide bonds. The largest absolute Gasteiger partial charge is 0.325 e. The monoisotopic (exact) mass is 366 g/mol. The van der Waals surface area contributed by atoms with E-state index in [1.165, 1.54) is 11.0 Å². The molecule has 0 spiro atoms. The van der Waals surface area contributed by atoms with Crippen LogP contribution in [0.15, 0.2) is 30.6 Å². The number of tetrazole rings is 1. The first-order valence-electron chi connectivity index (χ1n) is 9.10. The smallest absolute Gasteiger partial charge is 0.244 e. The maximum atomic E-state index is 12.7. The van der Waals surface area contributed by atoms with Crippen molar-refractivity contribution < 1.29 is 14.4 Å². The average Bonchev–Trinajstić information content (AvgIpc) is 3.44. The van der Waals surface area contributed by atoms with Gasteiger partial charge in [-0.25, -0.2) is 4.68 Å². The number of carbonyl (C=O) groups excluding carboxylic acids is 3. The summed E-state index contributed by atoms with van der Waals surface area (Å²) in [6.45, 7) is -0.223. The van der Waals surface area contributed by atoms with Crippen LogP contribution >= 0.6 is 0 Å². The van der Waals surface area contributed by atoms with E-state index in [4.69, 9.17) is 0 Å². The lowest BCUT2D eigenvalue weighted by molar-refractivity contribution is -0.143. The molecule has 1 aliphatic heterocycles. The summed E-state index contributed by atoms with van der Waals surface area (Å²) in [4.78, 5) is 38.8. The molecule has 2 aromatic rings. The molecule has 1 N–H and O–H groups in total. The van der Waals surface area contributed by atoms with Crippen LogP contribution in [0.5, 0.6) is 0 Å². The Hall–Kier alpha value is -3.10. The maximum Gasteiger partial charge on any atom is 0.244 e. The first kappa shape index (κ1) is 16.1. The lowest BCUT2D eigenvalue weighted by Gasteiger charge is -2.19. The SMILES string of the molecule is O=C(CN1C(=O)[C@H]2[C@@H]3CC[C@@H](C3)[C@@H]2C1=O)Nc1ccc(-n2cnnn2)cc1. The number of amides is 3. The van der Waals surface area contributed by atoms with Gasteiger partial charge in [-0.3, -0.25) is 19.3 Å². The molecule has 2 saturated carbocycles. The highest BCUT2D eigenvalue weighted by atomic mass is 16.2. The predicted molar refractivity (Wildman–Crippen MR) is 92.3 cm³/mol. The standard InChI is InChI=1S/C18H18N6O3/c25-14(20-12-3-5-13(6-4-12)24-9-19-21-22-24)8-23-17(26)15-10-1-2-11(7-10)16(15)18(23)27/h3-6,9-11,15-16H,1-2,7-8H2,(H,20,25)/t10-,11+,15-,16-/m0/s1. The summed E-state index contributed by atoms with van der Waals surface area (Å²) in [6, 6.07) is 6.97. The highest BCUT2D eigenvalue weighted by molar-refractivity contribution is 6.09. The van der Waals surface area contributed by atoms with E-state index >= 15 is 0 Å². The lowest BCUT2D eigenvalue weighted by Crippen LogP contribution is -2.39. The summed E-state index contributed by atoms with van der Waals surface area (Å²) < 4.78 is 1.50. The topological polar surface area (TPSA) is 110 Å². The minimum atomic E-state index is -0.376. The number of imide groups is 1. The molecule has 0 radical (unpaired) electrons. The minimum Gasteiger partial charge on any atom is -0.325 e.